The van der Waals surface area contributed by atoms with Crippen molar-refractivity contribution < 1.29 is 9.21 Å². The molecule has 1 heterocycles. The highest BCUT2D eigenvalue weighted by Crippen LogP contribution is 2.11. The molecule has 4 heteroatoms. The fourth-order valence-corrected chi connectivity index (χ4v) is 1.78. The molecule has 94 valence electrons. The zero-order valence-corrected chi connectivity index (χ0v) is 10.3. The van der Waals surface area contributed by atoms with Gasteiger partial charge in [0.1, 0.15) is 5.76 Å². The first kappa shape index (κ1) is 12.4. The SMILES string of the molecule is Cc1cc(C(N)=O)ccc1CNCc1ccco1. The van der Waals surface area contributed by atoms with Crippen LogP contribution < -0.4 is 11.1 Å². The van der Waals surface area contributed by atoms with Crippen LogP contribution in [0.4, 0.5) is 0 Å². The van der Waals surface area contributed by atoms with E-state index in [4.69, 9.17) is 10.2 Å². The summed E-state index contributed by atoms with van der Waals surface area (Å²) < 4.78 is 5.23. The van der Waals surface area contributed by atoms with Crippen LogP contribution in [0.3, 0.4) is 0 Å². The van der Waals surface area contributed by atoms with E-state index in [0.717, 1.165) is 23.4 Å². The third kappa shape index (κ3) is 2.99. The van der Waals surface area contributed by atoms with Gasteiger partial charge >= 0.3 is 0 Å². The maximum Gasteiger partial charge on any atom is 0.248 e. The van der Waals surface area contributed by atoms with Crippen LogP contribution in [0.25, 0.3) is 0 Å². The Balaban J connectivity index is 1.95. The summed E-state index contributed by atoms with van der Waals surface area (Å²) in [5.74, 6) is 0.509. The number of nitrogens with two attached hydrogens (primary N) is 1. The second-order valence-electron chi connectivity index (χ2n) is 4.19. The van der Waals surface area contributed by atoms with E-state index in [1.54, 1.807) is 12.3 Å². The van der Waals surface area contributed by atoms with Crippen LogP contribution >= 0.6 is 0 Å². The smallest absolute Gasteiger partial charge is 0.248 e. The van der Waals surface area contributed by atoms with Crippen molar-refractivity contribution in [2.75, 3.05) is 0 Å². The molecule has 3 N–H and O–H groups in total. The molecule has 0 saturated carbocycles. The second-order valence-corrected chi connectivity index (χ2v) is 4.19. The molecule has 1 aromatic carbocycles. The summed E-state index contributed by atoms with van der Waals surface area (Å²) in [6, 6.07) is 9.27. The van der Waals surface area contributed by atoms with Crippen molar-refractivity contribution in [2.45, 2.75) is 20.0 Å². The lowest BCUT2D eigenvalue weighted by Crippen LogP contribution is -2.15. The normalized spacial score (nSPS) is 10.5. The Bertz CT molecular complexity index is 533. The van der Waals surface area contributed by atoms with Crippen LogP contribution in [0.5, 0.6) is 0 Å². The van der Waals surface area contributed by atoms with Crippen LogP contribution in [-0.4, -0.2) is 5.91 Å². The maximum absolute atomic E-state index is 11.0. The minimum absolute atomic E-state index is 0.395. The molecule has 2 aromatic rings. The third-order valence-electron chi connectivity index (χ3n) is 2.82. The van der Waals surface area contributed by atoms with E-state index in [0.29, 0.717) is 12.1 Å². The largest absolute Gasteiger partial charge is 0.468 e. The monoisotopic (exact) mass is 244 g/mol. The molecule has 0 atom stereocenters. The average Bonchev–Trinajstić information content (AvgIpc) is 2.84. The molecule has 0 bridgehead atoms. The fourth-order valence-electron chi connectivity index (χ4n) is 1.78. The minimum atomic E-state index is -0.395. The molecule has 18 heavy (non-hydrogen) atoms. The van der Waals surface area contributed by atoms with E-state index in [1.807, 2.05) is 31.2 Å². The Morgan fingerprint density at radius 2 is 2.17 bits per heavy atom. The van der Waals surface area contributed by atoms with E-state index in [2.05, 4.69) is 5.32 Å². The van der Waals surface area contributed by atoms with Crippen LogP contribution in [-0.2, 0) is 13.1 Å². The first-order chi connectivity index (χ1) is 8.66. The van der Waals surface area contributed by atoms with Gasteiger partial charge in [0, 0.05) is 12.1 Å². The molecule has 0 aliphatic heterocycles. The number of hydrogen-bond donors (Lipinski definition) is 2. The molecule has 0 spiro atoms. The molecule has 0 aliphatic carbocycles. The zero-order valence-electron chi connectivity index (χ0n) is 10.3. The fraction of sp³-hybridized carbons (Fsp3) is 0.214. The number of nitrogens with one attached hydrogen (secondary N) is 1. The number of primary amides is 1. The average molecular weight is 244 g/mol. The van der Waals surface area contributed by atoms with Gasteiger partial charge in [0.2, 0.25) is 5.91 Å². The number of hydrogen-bond acceptors (Lipinski definition) is 3. The number of carbonyl (C=O) groups is 1. The lowest BCUT2D eigenvalue weighted by molar-refractivity contribution is 0.1000. The van der Waals surface area contributed by atoms with E-state index in [1.165, 1.54) is 0 Å². The minimum Gasteiger partial charge on any atom is -0.468 e. The maximum atomic E-state index is 11.0. The van der Waals surface area contributed by atoms with Crippen molar-refractivity contribution in [3.8, 4) is 0 Å². The molecule has 0 unspecified atom stereocenters. The number of aryl methyl sites for hydroxylation is 1. The van der Waals surface area contributed by atoms with Crippen molar-refractivity contribution in [1.82, 2.24) is 5.32 Å². The topological polar surface area (TPSA) is 68.3 Å². The van der Waals surface area contributed by atoms with E-state index >= 15 is 0 Å². The molecule has 1 amide bonds. The lowest BCUT2D eigenvalue weighted by Gasteiger charge is -2.08. The molecule has 0 saturated heterocycles. The lowest BCUT2D eigenvalue weighted by atomic mass is 10.0. The number of benzene rings is 1. The van der Waals surface area contributed by atoms with Gasteiger partial charge in [-0.25, -0.2) is 0 Å². The van der Waals surface area contributed by atoms with Crippen LogP contribution in [0.2, 0.25) is 0 Å². The van der Waals surface area contributed by atoms with Gasteiger partial charge in [0.05, 0.1) is 12.8 Å². The van der Waals surface area contributed by atoms with Gasteiger partial charge < -0.3 is 15.5 Å². The molecular formula is C14H16N2O2. The van der Waals surface area contributed by atoms with Crippen LogP contribution in [0.1, 0.15) is 27.2 Å². The zero-order chi connectivity index (χ0) is 13.0. The Labute approximate surface area is 106 Å². The van der Waals surface area contributed by atoms with E-state index in [-0.39, 0.29) is 0 Å². The quantitative estimate of drug-likeness (QED) is 0.845. The van der Waals surface area contributed by atoms with Gasteiger partial charge in [-0.1, -0.05) is 6.07 Å². The van der Waals surface area contributed by atoms with E-state index < -0.39 is 5.91 Å². The van der Waals surface area contributed by atoms with Crippen LogP contribution in [0.15, 0.2) is 41.0 Å². The van der Waals surface area contributed by atoms with Crippen molar-refractivity contribution in [2.24, 2.45) is 5.73 Å². The van der Waals surface area contributed by atoms with E-state index in [9.17, 15) is 4.79 Å². The van der Waals surface area contributed by atoms with Crippen molar-refractivity contribution in [1.29, 1.82) is 0 Å². The van der Waals surface area contributed by atoms with Gasteiger partial charge in [-0.05, 0) is 42.3 Å². The van der Waals surface area contributed by atoms with Crippen LogP contribution in [0, 0.1) is 6.92 Å². The van der Waals surface area contributed by atoms with Gasteiger partial charge in [0.25, 0.3) is 0 Å². The Morgan fingerprint density at radius 1 is 1.33 bits per heavy atom. The Morgan fingerprint density at radius 3 is 2.78 bits per heavy atom. The molecule has 0 radical (unpaired) electrons. The third-order valence-corrected chi connectivity index (χ3v) is 2.82. The summed E-state index contributed by atoms with van der Waals surface area (Å²) in [5.41, 5.74) is 7.97. The summed E-state index contributed by atoms with van der Waals surface area (Å²) in [7, 11) is 0. The predicted molar refractivity (Wildman–Crippen MR) is 68.9 cm³/mol. The first-order valence-electron chi connectivity index (χ1n) is 5.79. The number of carbonyl (C=O) groups excluding carboxylic acids is 1. The van der Waals surface area contributed by atoms with Gasteiger partial charge in [-0.2, -0.15) is 0 Å². The molecule has 0 aliphatic rings. The molecule has 2 rings (SSSR count). The standard InChI is InChI=1S/C14H16N2O2/c1-10-7-11(14(15)17)4-5-12(10)8-16-9-13-3-2-6-18-13/h2-7,16H,8-9H2,1H3,(H2,15,17). The van der Waals surface area contributed by atoms with Gasteiger partial charge in [-0.15, -0.1) is 0 Å². The number of rotatable bonds is 5. The predicted octanol–water partition coefficient (Wildman–Crippen LogP) is 1.98. The Hall–Kier alpha value is -2.07. The second kappa shape index (κ2) is 5.51. The first-order valence-corrected chi connectivity index (χ1v) is 5.79. The van der Waals surface area contributed by atoms with Gasteiger partial charge in [-0.3, -0.25) is 4.79 Å². The molecular weight excluding hydrogens is 228 g/mol. The number of furan rings is 1. The van der Waals surface area contributed by atoms with Crippen molar-refractivity contribution in [3.05, 3.63) is 59.0 Å². The summed E-state index contributed by atoms with van der Waals surface area (Å²) >= 11 is 0. The highest BCUT2D eigenvalue weighted by molar-refractivity contribution is 5.93. The number of amides is 1. The summed E-state index contributed by atoms with van der Waals surface area (Å²) in [6.45, 7) is 3.38. The highest BCUT2D eigenvalue weighted by Gasteiger charge is 2.04. The highest BCUT2D eigenvalue weighted by atomic mass is 16.3. The molecule has 1 aromatic heterocycles. The van der Waals surface area contributed by atoms with Gasteiger partial charge in [0.15, 0.2) is 0 Å². The summed E-state index contributed by atoms with van der Waals surface area (Å²) in [6.07, 6.45) is 1.66. The summed E-state index contributed by atoms with van der Waals surface area (Å²) in [5, 5.41) is 3.28. The summed E-state index contributed by atoms with van der Waals surface area (Å²) in [4.78, 5) is 11.0. The van der Waals surface area contributed by atoms with Crippen molar-refractivity contribution in [3.63, 3.8) is 0 Å². The van der Waals surface area contributed by atoms with Crippen molar-refractivity contribution >= 4 is 5.91 Å². The Kier molecular flexibility index (Phi) is 3.79. The molecule has 4 nitrogen and oxygen atoms in total. The molecule has 0 fully saturated rings.